The molecule has 1 heterocycles. The van der Waals surface area contributed by atoms with Crippen LogP contribution >= 0.6 is 11.7 Å². The summed E-state index contributed by atoms with van der Waals surface area (Å²) in [7, 11) is 1.62. The van der Waals surface area contributed by atoms with E-state index in [0.717, 1.165) is 22.3 Å². The van der Waals surface area contributed by atoms with E-state index in [1.54, 1.807) is 7.11 Å². The highest BCUT2D eigenvalue weighted by molar-refractivity contribution is 7.00. The van der Waals surface area contributed by atoms with Crippen LogP contribution in [0.1, 0.15) is 5.56 Å². The van der Waals surface area contributed by atoms with Crippen molar-refractivity contribution in [1.29, 1.82) is 0 Å². The molecule has 0 amide bonds. The summed E-state index contributed by atoms with van der Waals surface area (Å²) in [6.45, 7) is 0.478. The van der Waals surface area contributed by atoms with Gasteiger partial charge in [0, 0.05) is 6.54 Å². The number of rotatable bonds is 2. The maximum absolute atomic E-state index is 5.56. The number of nitrogens with zero attached hydrogens (tertiary/aromatic N) is 2. The summed E-state index contributed by atoms with van der Waals surface area (Å²) in [4.78, 5) is 0. The van der Waals surface area contributed by atoms with E-state index in [9.17, 15) is 0 Å². The molecule has 0 unspecified atom stereocenters. The smallest absolute Gasteiger partial charge is 0.147 e. The van der Waals surface area contributed by atoms with Crippen molar-refractivity contribution in [1.82, 2.24) is 8.75 Å². The van der Waals surface area contributed by atoms with E-state index in [-0.39, 0.29) is 0 Å². The highest BCUT2D eigenvalue weighted by Crippen LogP contribution is 2.26. The molecule has 4 nitrogen and oxygen atoms in total. The average Bonchev–Trinajstić information content (AvgIpc) is 2.64. The quantitative estimate of drug-likeness (QED) is 0.781. The maximum Gasteiger partial charge on any atom is 0.147 e. The molecule has 2 aromatic rings. The van der Waals surface area contributed by atoms with Gasteiger partial charge < -0.3 is 10.5 Å². The summed E-state index contributed by atoms with van der Waals surface area (Å²) in [5.74, 6) is 0.751. The van der Waals surface area contributed by atoms with Gasteiger partial charge in [0.2, 0.25) is 0 Å². The second kappa shape index (κ2) is 3.27. The van der Waals surface area contributed by atoms with Crippen LogP contribution in [-0.2, 0) is 6.54 Å². The first-order valence-electron chi connectivity index (χ1n) is 3.85. The van der Waals surface area contributed by atoms with Crippen molar-refractivity contribution >= 4 is 22.8 Å². The topological polar surface area (TPSA) is 61.0 Å². The zero-order valence-electron chi connectivity index (χ0n) is 7.15. The Morgan fingerprint density at radius 2 is 2.15 bits per heavy atom. The lowest BCUT2D eigenvalue weighted by molar-refractivity contribution is 0.419. The molecule has 68 valence electrons. The average molecular weight is 195 g/mol. The fourth-order valence-electron chi connectivity index (χ4n) is 1.22. The van der Waals surface area contributed by atoms with Gasteiger partial charge >= 0.3 is 0 Å². The fraction of sp³-hybridized carbons (Fsp3) is 0.250. The molecule has 13 heavy (non-hydrogen) atoms. The van der Waals surface area contributed by atoms with Crippen LogP contribution in [-0.4, -0.2) is 15.9 Å². The summed E-state index contributed by atoms with van der Waals surface area (Å²) in [6, 6.07) is 3.79. The van der Waals surface area contributed by atoms with Crippen molar-refractivity contribution in [3.63, 3.8) is 0 Å². The summed E-state index contributed by atoms with van der Waals surface area (Å²) in [5.41, 5.74) is 8.22. The minimum Gasteiger partial charge on any atom is -0.494 e. The van der Waals surface area contributed by atoms with Gasteiger partial charge in [0.1, 0.15) is 16.8 Å². The van der Waals surface area contributed by atoms with Gasteiger partial charge in [-0.2, -0.15) is 8.75 Å². The maximum atomic E-state index is 5.56. The number of nitrogens with two attached hydrogens (primary N) is 1. The highest BCUT2D eigenvalue weighted by atomic mass is 32.1. The van der Waals surface area contributed by atoms with Crippen molar-refractivity contribution in [2.75, 3.05) is 7.11 Å². The molecule has 0 atom stereocenters. The van der Waals surface area contributed by atoms with Crippen molar-refractivity contribution in [2.45, 2.75) is 6.54 Å². The van der Waals surface area contributed by atoms with E-state index in [0.29, 0.717) is 6.54 Å². The molecule has 0 spiro atoms. The second-order valence-corrected chi connectivity index (χ2v) is 3.12. The predicted molar refractivity (Wildman–Crippen MR) is 51.9 cm³/mol. The first kappa shape index (κ1) is 8.40. The van der Waals surface area contributed by atoms with Crippen LogP contribution in [0.2, 0.25) is 0 Å². The summed E-state index contributed by atoms with van der Waals surface area (Å²) in [5, 5.41) is 0. The zero-order valence-corrected chi connectivity index (χ0v) is 7.97. The molecule has 0 radical (unpaired) electrons. The van der Waals surface area contributed by atoms with E-state index in [4.69, 9.17) is 10.5 Å². The summed E-state index contributed by atoms with van der Waals surface area (Å²) < 4.78 is 13.5. The van der Waals surface area contributed by atoms with Crippen molar-refractivity contribution in [3.05, 3.63) is 17.7 Å². The summed E-state index contributed by atoms with van der Waals surface area (Å²) in [6.07, 6.45) is 0. The number of hydrogen-bond acceptors (Lipinski definition) is 5. The SMILES string of the molecule is COc1ccc(CN)c2nsnc12. The number of fused-ring (bicyclic) bond motifs is 1. The van der Waals surface area contributed by atoms with Gasteiger partial charge in [0.25, 0.3) is 0 Å². The molecule has 0 bridgehead atoms. The van der Waals surface area contributed by atoms with Gasteiger partial charge in [-0.25, -0.2) is 0 Å². The number of methoxy groups -OCH3 is 1. The minimum absolute atomic E-state index is 0.478. The first-order valence-corrected chi connectivity index (χ1v) is 4.58. The molecule has 0 aliphatic heterocycles. The Morgan fingerprint density at radius 3 is 2.85 bits per heavy atom. The van der Waals surface area contributed by atoms with Crippen LogP contribution in [0.15, 0.2) is 12.1 Å². The summed E-state index contributed by atoms with van der Waals surface area (Å²) >= 11 is 1.18. The lowest BCUT2D eigenvalue weighted by Gasteiger charge is -2.02. The Hall–Kier alpha value is -1.20. The third kappa shape index (κ3) is 1.26. The van der Waals surface area contributed by atoms with Gasteiger partial charge in [-0.05, 0) is 11.6 Å². The zero-order chi connectivity index (χ0) is 9.26. The Bertz CT molecular complexity index is 388. The first-order chi connectivity index (χ1) is 6.36. The van der Waals surface area contributed by atoms with E-state index < -0.39 is 0 Å². The van der Waals surface area contributed by atoms with Gasteiger partial charge in [0.05, 0.1) is 18.8 Å². The van der Waals surface area contributed by atoms with Gasteiger partial charge in [-0.1, -0.05) is 6.07 Å². The lowest BCUT2D eigenvalue weighted by Crippen LogP contribution is -1.97. The molecule has 1 aromatic heterocycles. The van der Waals surface area contributed by atoms with E-state index in [1.165, 1.54) is 11.7 Å². The van der Waals surface area contributed by atoms with Crippen LogP contribution in [0.3, 0.4) is 0 Å². The third-order valence-electron chi connectivity index (χ3n) is 1.90. The van der Waals surface area contributed by atoms with Crippen molar-refractivity contribution in [2.24, 2.45) is 5.73 Å². The Labute approximate surface area is 79.7 Å². The molecule has 1 aromatic carbocycles. The second-order valence-electron chi connectivity index (χ2n) is 2.59. The fourth-order valence-corrected chi connectivity index (χ4v) is 1.81. The van der Waals surface area contributed by atoms with Crippen LogP contribution in [0, 0.1) is 0 Å². The normalized spacial score (nSPS) is 10.6. The molecular formula is C8H9N3OS. The van der Waals surface area contributed by atoms with Crippen LogP contribution < -0.4 is 10.5 Å². The molecule has 0 saturated carbocycles. The molecular weight excluding hydrogens is 186 g/mol. The van der Waals surface area contributed by atoms with Crippen molar-refractivity contribution < 1.29 is 4.74 Å². The van der Waals surface area contributed by atoms with Gasteiger partial charge in [-0.3, -0.25) is 0 Å². The predicted octanol–water partition coefficient (Wildman–Crippen LogP) is 1.16. The molecule has 2 rings (SSSR count). The highest BCUT2D eigenvalue weighted by Gasteiger charge is 2.08. The number of benzene rings is 1. The minimum atomic E-state index is 0.478. The Balaban J connectivity index is 2.74. The van der Waals surface area contributed by atoms with Gasteiger partial charge in [0.15, 0.2) is 0 Å². The number of aromatic nitrogens is 2. The van der Waals surface area contributed by atoms with E-state index in [1.807, 2.05) is 12.1 Å². The third-order valence-corrected chi connectivity index (χ3v) is 2.43. The number of hydrogen-bond donors (Lipinski definition) is 1. The van der Waals surface area contributed by atoms with Gasteiger partial charge in [-0.15, -0.1) is 0 Å². The van der Waals surface area contributed by atoms with Crippen LogP contribution in [0.25, 0.3) is 11.0 Å². The van der Waals surface area contributed by atoms with Crippen molar-refractivity contribution in [3.8, 4) is 5.75 Å². The molecule has 2 N–H and O–H groups in total. The standard InChI is InChI=1S/C8H9N3OS/c1-12-6-3-2-5(4-9)7-8(6)11-13-10-7/h2-3H,4,9H2,1H3. The van der Waals surface area contributed by atoms with Crippen LogP contribution in [0.4, 0.5) is 0 Å². The Morgan fingerprint density at radius 1 is 1.38 bits per heavy atom. The Kier molecular flexibility index (Phi) is 2.12. The molecule has 0 aliphatic rings. The molecule has 0 aliphatic carbocycles. The monoisotopic (exact) mass is 195 g/mol. The largest absolute Gasteiger partial charge is 0.494 e. The number of ether oxygens (including phenoxy) is 1. The van der Waals surface area contributed by atoms with Crippen LogP contribution in [0.5, 0.6) is 5.75 Å². The van der Waals surface area contributed by atoms with E-state index in [2.05, 4.69) is 8.75 Å². The lowest BCUT2D eigenvalue weighted by atomic mass is 10.2. The molecule has 5 heteroatoms. The van der Waals surface area contributed by atoms with E-state index >= 15 is 0 Å². The molecule has 0 fully saturated rings. The molecule has 0 saturated heterocycles.